The van der Waals surface area contributed by atoms with Crippen LogP contribution in [-0.2, 0) is 4.74 Å². The summed E-state index contributed by atoms with van der Waals surface area (Å²) in [5, 5.41) is 7.60. The highest BCUT2D eigenvalue weighted by molar-refractivity contribution is 6.30. The largest absolute Gasteiger partial charge is 0.495 e. The Morgan fingerprint density at radius 2 is 2.42 bits per heavy atom. The second-order valence-electron chi connectivity index (χ2n) is 4.85. The molecule has 0 bridgehead atoms. The van der Waals surface area contributed by atoms with Crippen molar-refractivity contribution in [1.82, 2.24) is 5.32 Å². The molecule has 0 spiro atoms. The Bertz CT molecular complexity index is 408. The molecule has 2 rings (SSSR count). The van der Waals surface area contributed by atoms with Gasteiger partial charge < -0.3 is 20.1 Å². The van der Waals surface area contributed by atoms with Gasteiger partial charge in [0.25, 0.3) is 0 Å². The van der Waals surface area contributed by atoms with Crippen molar-refractivity contribution in [2.45, 2.75) is 25.4 Å². The van der Waals surface area contributed by atoms with E-state index in [-0.39, 0.29) is 0 Å². The molecule has 2 atom stereocenters. The number of anilines is 1. The van der Waals surface area contributed by atoms with E-state index in [1.807, 2.05) is 18.2 Å². The monoisotopic (exact) mass is 284 g/mol. The number of morpholine rings is 1. The van der Waals surface area contributed by atoms with E-state index in [0.717, 1.165) is 37.6 Å². The lowest BCUT2D eigenvalue weighted by Gasteiger charge is -2.27. The molecule has 1 heterocycles. The van der Waals surface area contributed by atoms with Gasteiger partial charge in [0.05, 0.1) is 26.0 Å². The van der Waals surface area contributed by atoms with Crippen molar-refractivity contribution in [3.63, 3.8) is 0 Å². The lowest BCUT2D eigenvalue weighted by molar-refractivity contribution is 0.0731. The maximum Gasteiger partial charge on any atom is 0.142 e. The number of nitrogens with one attached hydrogen (secondary N) is 2. The molecule has 4 nitrogen and oxygen atoms in total. The molecule has 0 aromatic heterocycles. The van der Waals surface area contributed by atoms with Crippen LogP contribution in [0.4, 0.5) is 5.69 Å². The summed E-state index contributed by atoms with van der Waals surface area (Å²) in [6.45, 7) is 4.66. The van der Waals surface area contributed by atoms with E-state index in [2.05, 4.69) is 17.6 Å². The van der Waals surface area contributed by atoms with Crippen LogP contribution in [0.5, 0.6) is 5.75 Å². The summed E-state index contributed by atoms with van der Waals surface area (Å²) >= 11 is 6.02. The Morgan fingerprint density at radius 3 is 3.11 bits per heavy atom. The highest BCUT2D eigenvalue weighted by atomic mass is 35.5. The maximum atomic E-state index is 6.02. The molecule has 2 N–H and O–H groups in total. The Morgan fingerprint density at radius 1 is 1.58 bits per heavy atom. The molecular formula is C14H21ClN2O2. The summed E-state index contributed by atoms with van der Waals surface area (Å²) in [6, 6.07) is 6.31. The molecule has 0 saturated carbocycles. The first kappa shape index (κ1) is 14.4. The topological polar surface area (TPSA) is 42.5 Å². The average molecular weight is 285 g/mol. The highest BCUT2D eigenvalue weighted by Gasteiger charge is 2.17. The van der Waals surface area contributed by atoms with Crippen LogP contribution in [0.2, 0.25) is 5.02 Å². The lowest BCUT2D eigenvalue weighted by atomic mass is 10.1. The fourth-order valence-corrected chi connectivity index (χ4v) is 2.49. The molecule has 19 heavy (non-hydrogen) atoms. The molecule has 0 aliphatic carbocycles. The van der Waals surface area contributed by atoms with Gasteiger partial charge in [-0.1, -0.05) is 11.6 Å². The number of ether oxygens (including phenoxy) is 2. The normalized spacial score (nSPS) is 20.9. The molecule has 1 aliphatic heterocycles. The third-order valence-electron chi connectivity index (χ3n) is 3.20. The van der Waals surface area contributed by atoms with Crippen LogP contribution in [0.25, 0.3) is 0 Å². The zero-order valence-electron chi connectivity index (χ0n) is 11.4. The molecule has 1 fully saturated rings. The van der Waals surface area contributed by atoms with Crippen molar-refractivity contribution < 1.29 is 9.47 Å². The Balaban J connectivity index is 1.93. The number of methoxy groups -OCH3 is 1. The summed E-state index contributed by atoms with van der Waals surface area (Å²) in [7, 11) is 1.66. The summed E-state index contributed by atoms with van der Waals surface area (Å²) in [6.07, 6.45) is 0.996. The van der Waals surface area contributed by atoms with Crippen LogP contribution in [0.15, 0.2) is 18.2 Å². The average Bonchev–Trinajstić information content (AvgIpc) is 2.40. The molecule has 1 aromatic rings. The second kappa shape index (κ2) is 6.98. The predicted octanol–water partition coefficient (Wildman–Crippen LogP) is 2.53. The smallest absolute Gasteiger partial charge is 0.142 e. The third-order valence-corrected chi connectivity index (χ3v) is 3.44. The lowest BCUT2D eigenvalue weighted by Crippen LogP contribution is -2.43. The number of hydrogen-bond acceptors (Lipinski definition) is 4. The van der Waals surface area contributed by atoms with Gasteiger partial charge in [0.1, 0.15) is 5.75 Å². The fraction of sp³-hybridized carbons (Fsp3) is 0.571. The van der Waals surface area contributed by atoms with Crippen LogP contribution in [0.1, 0.15) is 13.3 Å². The Labute approximate surface area is 119 Å². The minimum atomic E-state index is 0.312. The van der Waals surface area contributed by atoms with Crippen LogP contribution in [0, 0.1) is 0 Å². The highest BCUT2D eigenvalue weighted by Crippen LogP contribution is 2.28. The standard InChI is InChI=1S/C14H21ClN2O2/c1-10(7-12-9-19-6-5-16-12)17-13-8-11(15)3-4-14(13)18-2/h3-4,8,10,12,16-17H,5-7,9H2,1-2H3. The quantitative estimate of drug-likeness (QED) is 0.872. The number of rotatable bonds is 5. The summed E-state index contributed by atoms with van der Waals surface area (Å²) < 4.78 is 10.8. The zero-order chi connectivity index (χ0) is 13.7. The van der Waals surface area contributed by atoms with Crippen molar-refractivity contribution in [3.8, 4) is 5.75 Å². The van der Waals surface area contributed by atoms with E-state index >= 15 is 0 Å². The number of halogens is 1. The van der Waals surface area contributed by atoms with E-state index in [1.54, 1.807) is 7.11 Å². The Hall–Kier alpha value is -0.970. The third kappa shape index (κ3) is 4.27. The van der Waals surface area contributed by atoms with E-state index in [9.17, 15) is 0 Å². The number of hydrogen-bond donors (Lipinski definition) is 2. The molecular weight excluding hydrogens is 264 g/mol. The van der Waals surface area contributed by atoms with Gasteiger partial charge in [-0.05, 0) is 31.5 Å². The van der Waals surface area contributed by atoms with Gasteiger partial charge in [0.15, 0.2) is 0 Å². The second-order valence-corrected chi connectivity index (χ2v) is 5.29. The predicted molar refractivity (Wildman–Crippen MR) is 78.3 cm³/mol. The number of benzene rings is 1. The summed E-state index contributed by atoms with van der Waals surface area (Å²) in [5.41, 5.74) is 0.930. The van der Waals surface area contributed by atoms with E-state index in [4.69, 9.17) is 21.1 Å². The van der Waals surface area contributed by atoms with Crippen molar-refractivity contribution in [2.24, 2.45) is 0 Å². The van der Waals surface area contributed by atoms with Gasteiger partial charge in [-0.25, -0.2) is 0 Å². The molecule has 2 unspecified atom stereocenters. The van der Waals surface area contributed by atoms with E-state index < -0.39 is 0 Å². The molecule has 5 heteroatoms. The molecule has 1 aromatic carbocycles. The van der Waals surface area contributed by atoms with E-state index in [0.29, 0.717) is 17.1 Å². The van der Waals surface area contributed by atoms with Gasteiger partial charge in [-0.15, -0.1) is 0 Å². The minimum Gasteiger partial charge on any atom is -0.495 e. The fourth-order valence-electron chi connectivity index (χ4n) is 2.32. The zero-order valence-corrected chi connectivity index (χ0v) is 12.2. The first-order valence-corrected chi connectivity index (χ1v) is 6.98. The molecule has 1 aliphatic rings. The van der Waals surface area contributed by atoms with Crippen LogP contribution in [-0.4, -0.2) is 39.0 Å². The van der Waals surface area contributed by atoms with E-state index in [1.165, 1.54) is 0 Å². The van der Waals surface area contributed by atoms with Crippen LogP contribution < -0.4 is 15.4 Å². The van der Waals surface area contributed by atoms with Crippen molar-refractivity contribution >= 4 is 17.3 Å². The van der Waals surface area contributed by atoms with Gasteiger partial charge in [-0.3, -0.25) is 0 Å². The van der Waals surface area contributed by atoms with Gasteiger partial charge in [0.2, 0.25) is 0 Å². The van der Waals surface area contributed by atoms with Gasteiger partial charge in [-0.2, -0.15) is 0 Å². The Kier molecular flexibility index (Phi) is 5.31. The summed E-state index contributed by atoms with van der Waals surface area (Å²) in [4.78, 5) is 0. The van der Waals surface area contributed by atoms with Crippen molar-refractivity contribution in [3.05, 3.63) is 23.2 Å². The van der Waals surface area contributed by atoms with Crippen LogP contribution >= 0.6 is 11.6 Å². The van der Waals surface area contributed by atoms with Gasteiger partial charge >= 0.3 is 0 Å². The molecule has 0 radical (unpaired) electrons. The minimum absolute atomic E-state index is 0.312. The molecule has 1 saturated heterocycles. The maximum absolute atomic E-state index is 6.02. The molecule has 0 amide bonds. The first-order chi connectivity index (χ1) is 9.19. The van der Waals surface area contributed by atoms with Crippen molar-refractivity contribution in [1.29, 1.82) is 0 Å². The first-order valence-electron chi connectivity index (χ1n) is 6.60. The van der Waals surface area contributed by atoms with Gasteiger partial charge in [0, 0.05) is 23.7 Å². The molecule has 106 valence electrons. The van der Waals surface area contributed by atoms with Crippen molar-refractivity contribution in [2.75, 3.05) is 32.2 Å². The SMILES string of the molecule is COc1ccc(Cl)cc1NC(C)CC1COCCN1. The summed E-state index contributed by atoms with van der Waals surface area (Å²) in [5.74, 6) is 0.809. The van der Waals surface area contributed by atoms with Crippen LogP contribution in [0.3, 0.4) is 0 Å².